The lowest BCUT2D eigenvalue weighted by Gasteiger charge is -2.27. The molecule has 2 atom stereocenters. The van der Waals surface area contributed by atoms with Crippen LogP contribution in [0.2, 0.25) is 0 Å². The molecule has 0 heterocycles. The van der Waals surface area contributed by atoms with E-state index in [1.165, 1.54) is 22.3 Å². The van der Waals surface area contributed by atoms with E-state index in [1.54, 1.807) is 0 Å². The molecule has 0 radical (unpaired) electrons. The Kier molecular flexibility index (Phi) is 2.97. The second-order valence-corrected chi connectivity index (χ2v) is 6.30. The Morgan fingerprint density at radius 2 is 1.48 bits per heavy atom. The summed E-state index contributed by atoms with van der Waals surface area (Å²) >= 11 is 0. The molecule has 0 bridgehead atoms. The van der Waals surface area contributed by atoms with Gasteiger partial charge in [0.05, 0.1) is 5.60 Å². The molecule has 0 unspecified atom stereocenters. The van der Waals surface area contributed by atoms with Crippen LogP contribution in [0.5, 0.6) is 0 Å². The lowest BCUT2D eigenvalue weighted by molar-refractivity contribution is 0.0717. The summed E-state index contributed by atoms with van der Waals surface area (Å²) in [6, 6.07) is 21.0. The predicted molar refractivity (Wildman–Crippen MR) is 86.6 cm³/mol. The molecule has 2 aliphatic carbocycles. The summed E-state index contributed by atoms with van der Waals surface area (Å²) in [4.78, 5) is 0. The zero-order valence-corrected chi connectivity index (χ0v) is 12.1. The summed E-state index contributed by atoms with van der Waals surface area (Å²) in [5, 5.41) is 11.3. The fourth-order valence-electron chi connectivity index (χ4n) is 4.20. The standard InChI is InChI=1S/C20H20O/c21-20-13-7-12-17(20)14-18(15-8-3-1-4-9-15)19(20)16-10-5-2-6-11-16/h1-6,8-11,17,21H,7,12-14H2/t17-,20+/m1/s1. The average Bonchev–Trinajstić information content (AvgIpc) is 3.02. The zero-order chi connectivity index (χ0) is 14.3. The van der Waals surface area contributed by atoms with Crippen molar-refractivity contribution in [1.29, 1.82) is 0 Å². The Morgan fingerprint density at radius 1 is 0.857 bits per heavy atom. The SMILES string of the molecule is O[C@@]12CCC[C@@H]1CC(c1ccccc1)=C2c1ccccc1. The molecule has 1 N–H and O–H groups in total. The van der Waals surface area contributed by atoms with E-state index in [0.717, 1.165) is 25.7 Å². The number of aliphatic hydroxyl groups is 1. The highest BCUT2D eigenvalue weighted by molar-refractivity contribution is 5.97. The highest BCUT2D eigenvalue weighted by atomic mass is 16.3. The molecule has 0 amide bonds. The summed E-state index contributed by atoms with van der Waals surface area (Å²) < 4.78 is 0. The van der Waals surface area contributed by atoms with Crippen molar-refractivity contribution >= 4 is 11.1 Å². The Morgan fingerprint density at radius 3 is 2.14 bits per heavy atom. The largest absolute Gasteiger partial charge is 0.385 e. The predicted octanol–water partition coefficient (Wildman–Crippen LogP) is 4.53. The van der Waals surface area contributed by atoms with Crippen LogP contribution < -0.4 is 0 Å². The van der Waals surface area contributed by atoms with Crippen molar-refractivity contribution in [3.05, 3.63) is 71.8 Å². The summed E-state index contributed by atoms with van der Waals surface area (Å²) in [5.74, 6) is 0.392. The van der Waals surface area contributed by atoms with Crippen molar-refractivity contribution in [3.8, 4) is 0 Å². The van der Waals surface area contributed by atoms with E-state index in [2.05, 4.69) is 54.6 Å². The van der Waals surface area contributed by atoms with E-state index in [0.29, 0.717) is 5.92 Å². The van der Waals surface area contributed by atoms with Gasteiger partial charge in [0.1, 0.15) is 0 Å². The smallest absolute Gasteiger partial charge is 0.0936 e. The van der Waals surface area contributed by atoms with Crippen LogP contribution in [0.25, 0.3) is 11.1 Å². The van der Waals surface area contributed by atoms with E-state index in [-0.39, 0.29) is 0 Å². The third-order valence-electron chi connectivity index (χ3n) is 5.16. The molecular formula is C20H20O. The average molecular weight is 276 g/mol. The fourth-order valence-corrected chi connectivity index (χ4v) is 4.20. The molecule has 21 heavy (non-hydrogen) atoms. The lowest BCUT2D eigenvalue weighted by Crippen LogP contribution is -2.30. The van der Waals surface area contributed by atoms with Crippen molar-refractivity contribution in [2.75, 3.05) is 0 Å². The molecule has 2 aliphatic rings. The lowest BCUT2D eigenvalue weighted by atomic mass is 9.85. The summed E-state index contributed by atoms with van der Waals surface area (Å²) in [7, 11) is 0. The van der Waals surface area contributed by atoms with Crippen molar-refractivity contribution in [1.82, 2.24) is 0 Å². The summed E-state index contributed by atoms with van der Waals surface area (Å²) in [6.07, 6.45) is 4.19. The van der Waals surface area contributed by atoms with Gasteiger partial charge >= 0.3 is 0 Å². The van der Waals surface area contributed by atoms with E-state index in [9.17, 15) is 5.11 Å². The maximum atomic E-state index is 11.3. The van der Waals surface area contributed by atoms with Crippen LogP contribution in [-0.4, -0.2) is 10.7 Å². The number of hydrogen-bond donors (Lipinski definition) is 1. The molecular weight excluding hydrogens is 256 g/mol. The van der Waals surface area contributed by atoms with E-state index < -0.39 is 5.60 Å². The first-order valence-electron chi connectivity index (χ1n) is 7.86. The minimum Gasteiger partial charge on any atom is -0.385 e. The molecule has 0 spiro atoms. The van der Waals surface area contributed by atoms with Gasteiger partial charge in [-0.2, -0.15) is 0 Å². The molecule has 1 heteroatoms. The van der Waals surface area contributed by atoms with Gasteiger partial charge in [-0.3, -0.25) is 0 Å². The first-order valence-corrected chi connectivity index (χ1v) is 7.86. The van der Waals surface area contributed by atoms with Gasteiger partial charge in [0.15, 0.2) is 0 Å². The van der Waals surface area contributed by atoms with E-state index in [1.807, 2.05) is 6.07 Å². The van der Waals surface area contributed by atoms with Gasteiger partial charge in [0.2, 0.25) is 0 Å². The fraction of sp³-hybridized carbons (Fsp3) is 0.300. The van der Waals surface area contributed by atoms with Crippen LogP contribution in [-0.2, 0) is 0 Å². The van der Waals surface area contributed by atoms with Gasteiger partial charge in [-0.05, 0) is 53.9 Å². The van der Waals surface area contributed by atoms with Gasteiger partial charge < -0.3 is 5.11 Å². The quantitative estimate of drug-likeness (QED) is 0.854. The monoisotopic (exact) mass is 276 g/mol. The van der Waals surface area contributed by atoms with Crippen LogP contribution in [0, 0.1) is 5.92 Å². The Hall–Kier alpha value is -1.86. The Bertz CT molecular complexity index is 671. The first-order chi connectivity index (χ1) is 10.3. The van der Waals surface area contributed by atoms with Crippen LogP contribution in [0.15, 0.2) is 60.7 Å². The number of hydrogen-bond acceptors (Lipinski definition) is 1. The van der Waals surface area contributed by atoms with Crippen LogP contribution in [0.4, 0.5) is 0 Å². The van der Waals surface area contributed by atoms with E-state index in [4.69, 9.17) is 0 Å². The third-order valence-corrected chi connectivity index (χ3v) is 5.16. The first kappa shape index (κ1) is 12.8. The third kappa shape index (κ3) is 1.96. The number of benzene rings is 2. The van der Waals surface area contributed by atoms with Crippen LogP contribution in [0.3, 0.4) is 0 Å². The molecule has 2 aromatic rings. The number of allylic oxidation sites excluding steroid dienone is 1. The molecule has 1 fully saturated rings. The maximum Gasteiger partial charge on any atom is 0.0936 e. The number of rotatable bonds is 2. The van der Waals surface area contributed by atoms with Crippen LogP contribution >= 0.6 is 0 Å². The minimum atomic E-state index is -0.619. The number of fused-ring (bicyclic) bond motifs is 1. The zero-order valence-electron chi connectivity index (χ0n) is 12.1. The highest BCUT2D eigenvalue weighted by Crippen LogP contribution is 2.56. The second-order valence-electron chi connectivity index (χ2n) is 6.30. The molecule has 0 aliphatic heterocycles. The maximum absolute atomic E-state index is 11.3. The molecule has 1 nitrogen and oxygen atoms in total. The van der Waals surface area contributed by atoms with Gasteiger partial charge in [-0.15, -0.1) is 0 Å². The van der Waals surface area contributed by atoms with Gasteiger partial charge in [0.25, 0.3) is 0 Å². The van der Waals surface area contributed by atoms with Crippen molar-refractivity contribution < 1.29 is 5.11 Å². The summed E-state index contributed by atoms with van der Waals surface area (Å²) in [6.45, 7) is 0. The minimum absolute atomic E-state index is 0.392. The highest BCUT2D eigenvalue weighted by Gasteiger charge is 2.50. The van der Waals surface area contributed by atoms with Crippen molar-refractivity contribution in [2.45, 2.75) is 31.3 Å². The Labute approximate surface area is 126 Å². The molecule has 0 saturated heterocycles. The molecule has 1 saturated carbocycles. The molecule has 4 rings (SSSR count). The Balaban J connectivity index is 1.93. The normalized spacial score (nSPS) is 28.0. The van der Waals surface area contributed by atoms with E-state index >= 15 is 0 Å². The topological polar surface area (TPSA) is 20.2 Å². The van der Waals surface area contributed by atoms with Crippen molar-refractivity contribution in [2.24, 2.45) is 5.92 Å². The molecule has 0 aromatic heterocycles. The van der Waals surface area contributed by atoms with Gasteiger partial charge in [-0.25, -0.2) is 0 Å². The van der Waals surface area contributed by atoms with Crippen molar-refractivity contribution in [3.63, 3.8) is 0 Å². The van der Waals surface area contributed by atoms with Gasteiger partial charge in [-0.1, -0.05) is 60.7 Å². The molecule has 2 aromatic carbocycles. The summed E-state index contributed by atoms with van der Waals surface area (Å²) in [5.41, 5.74) is 4.35. The van der Waals surface area contributed by atoms with Gasteiger partial charge in [0, 0.05) is 0 Å². The van der Waals surface area contributed by atoms with Crippen LogP contribution in [0.1, 0.15) is 36.8 Å². The molecule has 106 valence electrons. The second kappa shape index (κ2) is 4.85.